The molecule has 1 fully saturated rings. The SMILES string of the molecule is COc1cc2c(cc1CNCC(C)(C)N1CCN(C)CC1)OC(C)C2.Cl.Cl. The molecule has 1 aromatic rings. The van der Waals surface area contributed by atoms with Crippen molar-refractivity contribution in [2.45, 2.75) is 45.4 Å². The number of nitrogens with one attached hydrogen (secondary N) is 1. The Kier molecular flexibility index (Phi) is 9.16. The van der Waals surface area contributed by atoms with Crippen LogP contribution >= 0.6 is 24.8 Å². The van der Waals surface area contributed by atoms with Crippen molar-refractivity contribution in [2.24, 2.45) is 0 Å². The molecule has 1 unspecified atom stereocenters. The van der Waals surface area contributed by atoms with E-state index >= 15 is 0 Å². The van der Waals surface area contributed by atoms with Crippen LogP contribution in [0.3, 0.4) is 0 Å². The molecule has 0 aliphatic carbocycles. The monoisotopic (exact) mass is 419 g/mol. The first-order valence-electron chi connectivity index (χ1n) is 9.40. The lowest BCUT2D eigenvalue weighted by atomic mass is 10.0. The summed E-state index contributed by atoms with van der Waals surface area (Å²) in [5.41, 5.74) is 2.58. The number of piperazine rings is 1. The first-order chi connectivity index (χ1) is 11.9. The van der Waals surface area contributed by atoms with Gasteiger partial charge in [-0.1, -0.05) is 0 Å². The van der Waals surface area contributed by atoms with Crippen LogP contribution in [0.25, 0.3) is 0 Å². The van der Waals surface area contributed by atoms with Gasteiger partial charge in [0.25, 0.3) is 0 Å². The minimum atomic E-state index is 0. The average Bonchev–Trinajstić information content (AvgIpc) is 2.93. The van der Waals surface area contributed by atoms with Crippen LogP contribution in [0.5, 0.6) is 11.5 Å². The van der Waals surface area contributed by atoms with Crippen LogP contribution in [0.2, 0.25) is 0 Å². The topological polar surface area (TPSA) is 37.0 Å². The van der Waals surface area contributed by atoms with Gasteiger partial charge in [0.15, 0.2) is 0 Å². The molecule has 0 spiro atoms. The Morgan fingerprint density at radius 3 is 2.48 bits per heavy atom. The van der Waals surface area contributed by atoms with Gasteiger partial charge in [0.05, 0.1) is 7.11 Å². The van der Waals surface area contributed by atoms with Gasteiger partial charge in [-0.2, -0.15) is 0 Å². The highest BCUT2D eigenvalue weighted by molar-refractivity contribution is 5.85. The molecule has 0 bridgehead atoms. The molecular weight excluding hydrogens is 385 g/mol. The zero-order valence-corrected chi connectivity index (χ0v) is 18.8. The van der Waals surface area contributed by atoms with Crippen LogP contribution in [0.15, 0.2) is 12.1 Å². The molecule has 2 aliphatic rings. The Morgan fingerprint density at radius 2 is 1.85 bits per heavy atom. The van der Waals surface area contributed by atoms with Gasteiger partial charge >= 0.3 is 0 Å². The highest BCUT2D eigenvalue weighted by Gasteiger charge is 2.29. The number of ether oxygens (including phenoxy) is 2. The number of likely N-dealkylation sites (N-methyl/N-ethyl adjacent to an activating group) is 1. The maximum absolute atomic E-state index is 5.90. The fourth-order valence-electron chi connectivity index (χ4n) is 3.84. The van der Waals surface area contributed by atoms with E-state index in [9.17, 15) is 0 Å². The van der Waals surface area contributed by atoms with E-state index in [1.54, 1.807) is 7.11 Å². The van der Waals surface area contributed by atoms with Crippen LogP contribution in [-0.2, 0) is 13.0 Å². The molecule has 7 heteroatoms. The molecule has 0 amide bonds. The predicted octanol–water partition coefficient (Wildman–Crippen LogP) is 2.98. The van der Waals surface area contributed by atoms with Gasteiger partial charge in [-0.3, -0.25) is 4.90 Å². The minimum absolute atomic E-state index is 0. The first kappa shape index (κ1) is 24.3. The second-order valence-electron chi connectivity index (χ2n) is 8.11. The fourth-order valence-corrected chi connectivity index (χ4v) is 3.84. The van der Waals surface area contributed by atoms with Gasteiger partial charge in [0, 0.05) is 62.4 Å². The van der Waals surface area contributed by atoms with Crippen molar-refractivity contribution in [2.75, 3.05) is 46.9 Å². The maximum Gasteiger partial charge on any atom is 0.123 e. The highest BCUT2D eigenvalue weighted by Crippen LogP contribution is 2.35. The van der Waals surface area contributed by atoms with Gasteiger partial charge in [0.2, 0.25) is 0 Å². The van der Waals surface area contributed by atoms with Crippen LogP contribution in [0.1, 0.15) is 31.9 Å². The Bertz CT molecular complexity index is 605. The third kappa shape index (κ3) is 5.88. The van der Waals surface area contributed by atoms with Crippen molar-refractivity contribution in [3.8, 4) is 11.5 Å². The maximum atomic E-state index is 5.90. The van der Waals surface area contributed by atoms with E-state index in [2.05, 4.69) is 55.1 Å². The quantitative estimate of drug-likeness (QED) is 0.766. The number of benzene rings is 1. The van der Waals surface area contributed by atoms with Crippen LogP contribution < -0.4 is 14.8 Å². The van der Waals surface area contributed by atoms with Crippen molar-refractivity contribution >= 4 is 24.8 Å². The van der Waals surface area contributed by atoms with Crippen molar-refractivity contribution in [1.82, 2.24) is 15.1 Å². The highest BCUT2D eigenvalue weighted by atomic mass is 35.5. The molecule has 1 aromatic carbocycles. The molecule has 2 heterocycles. The summed E-state index contributed by atoms with van der Waals surface area (Å²) in [6, 6.07) is 4.29. The van der Waals surface area contributed by atoms with Gasteiger partial charge in [-0.05, 0) is 40.0 Å². The molecule has 0 aromatic heterocycles. The molecular formula is C20H35Cl2N3O2. The molecule has 0 radical (unpaired) electrons. The Morgan fingerprint density at radius 1 is 1.19 bits per heavy atom. The Balaban J connectivity index is 0.00000182. The molecule has 1 saturated heterocycles. The smallest absolute Gasteiger partial charge is 0.123 e. The van der Waals surface area contributed by atoms with Crippen LogP contribution in [0.4, 0.5) is 0 Å². The number of methoxy groups -OCH3 is 1. The third-order valence-electron chi connectivity index (χ3n) is 5.53. The summed E-state index contributed by atoms with van der Waals surface area (Å²) in [4.78, 5) is 4.99. The third-order valence-corrected chi connectivity index (χ3v) is 5.53. The minimum Gasteiger partial charge on any atom is -0.496 e. The molecule has 1 N–H and O–H groups in total. The average molecular weight is 420 g/mol. The number of hydrogen-bond donors (Lipinski definition) is 1. The van der Waals surface area contributed by atoms with Crippen molar-refractivity contribution in [3.05, 3.63) is 23.3 Å². The van der Waals surface area contributed by atoms with Crippen molar-refractivity contribution in [3.63, 3.8) is 0 Å². The zero-order chi connectivity index (χ0) is 18.0. The molecule has 2 aliphatic heterocycles. The second-order valence-corrected chi connectivity index (χ2v) is 8.11. The van der Waals surface area contributed by atoms with E-state index in [1.807, 2.05) is 0 Å². The van der Waals surface area contributed by atoms with Crippen molar-refractivity contribution in [1.29, 1.82) is 0 Å². The molecule has 0 saturated carbocycles. The molecule has 3 rings (SSSR count). The summed E-state index contributed by atoms with van der Waals surface area (Å²) in [6.07, 6.45) is 1.23. The lowest BCUT2D eigenvalue weighted by Crippen LogP contribution is -2.57. The summed E-state index contributed by atoms with van der Waals surface area (Å²) in [5, 5.41) is 3.64. The number of fused-ring (bicyclic) bond motifs is 1. The molecule has 1 atom stereocenters. The fraction of sp³-hybridized carbons (Fsp3) is 0.700. The number of nitrogens with zero attached hydrogens (tertiary/aromatic N) is 2. The summed E-state index contributed by atoms with van der Waals surface area (Å²) in [6.45, 7) is 13.1. The zero-order valence-electron chi connectivity index (χ0n) is 17.2. The Hall–Kier alpha value is -0.720. The summed E-state index contributed by atoms with van der Waals surface area (Å²) in [7, 11) is 3.95. The summed E-state index contributed by atoms with van der Waals surface area (Å²) in [5.74, 6) is 1.98. The lowest BCUT2D eigenvalue weighted by molar-refractivity contribution is 0.0617. The van der Waals surface area contributed by atoms with Crippen LogP contribution in [-0.4, -0.2) is 68.3 Å². The predicted molar refractivity (Wildman–Crippen MR) is 116 cm³/mol. The normalized spacial score (nSPS) is 20.3. The van der Waals surface area contributed by atoms with E-state index in [0.717, 1.165) is 57.2 Å². The number of hydrogen-bond acceptors (Lipinski definition) is 5. The summed E-state index contributed by atoms with van der Waals surface area (Å²) >= 11 is 0. The van der Waals surface area contributed by atoms with Crippen molar-refractivity contribution < 1.29 is 9.47 Å². The van der Waals surface area contributed by atoms with Gasteiger partial charge < -0.3 is 19.7 Å². The van der Waals surface area contributed by atoms with Gasteiger partial charge in [0.1, 0.15) is 17.6 Å². The van der Waals surface area contributed by atoms with E-state index in [4.69, 9.17) is 9.47 Å². The summed E-state index contributed by atoms with van der Waals surface area (Å²) < 4.78 is 11.5. The molecule has 27 heavy (non-hydrogen) atoms. The molecule has 5 nitrogen and oxygen atoms in total. The first-order valence-corrected chi connectivity index (χ1v) is 9.40. The number of halogens is 2. The Labute approximate surface area is 176 Å². The number of rotatable bonds is 6. The second kappa shape index (κ2) is 10.2. The van der Waals surface area contributed by atoms with Gasteiger partial charge in [-0.25, -0.2) is 0 Å². The van der Waals surface area contributed by atoms with E-state index in [1.165, 1.54) is 11.1 Å². The van der Waals surface area contributed by atoms with E-state index in [0.29, 0.717) is 0 Å². The van der Waals surface area contributed by atoms with Gasteiger partial charge in [-0.15, -0.1) is 24.8 Å². The van der Waals surface area contributed by atoms with E-state index in [-0.39, 0.29) is 36.5 Å². The lowest BCUT2D eigenvalue weighted by Gasteiger charge is -2.43. The standard InChI is InChI=1S/C20H33N3O2.2ClH/c1-15-10-16-11-18(24-5)17(12-19(16)25-15)13-21-14-20(2,3)23-8-6-22(4)7-9-23;;/h11-12,15,21H,6-10,13-14H2,1-5H3;2*1H. The largest absolute Gasteiger partial charge is 0.496 e. The van der Waals surface area contributed by atoms with E-state index < -0.39 is 0 Å². The van der Waals surface area contributed by atoms with Crippen LogP contribution in [0, 0.1) is 0 Å². The molecule has 156 valence electrons.